The molecule has 0 aromatic heterocycles. The van der Waals surface area contributed by atoms with Crippen molar-refractivity contribution < 1.29 is 9.59 Å². The maximum absolute atomic E-state index is 12.0. The minimum absolute atomic E-state index is 0.0233. The number of nitrogens with zero attached hydrogens (tertiary/aromatic N) is 1. The van der Waals surface area contributed by atoms with Gasteiger partial charge in [0.2, 0.25) is 11.8 Å². The van der Waals surface area contributed by atoms with Crippen LogP contribution < -0.4 is 5.32 Å². The topological polar surface area (TPSA) is 49.4 Å². The average Bonchev–Trinajstić information content (AvgIpc) is 2.41. The molecule has 1 heterocycles. The summed E-state index contributed by atoms with van der Waals surface area (Å²) in [6.45, 7) is 10.2. The first-order valence-corrected chi connectivity index (χ1v) is 6.44. The Morgan fingerprint density at radius 1 is 1.41 bits per heavy atom. The Morgan fingerprint density at radius 3 is 2.53 bits per heavy atom. The fourth-order valence-corrected chi connectivity index (χ4v) is 2.11. The molecule has 17 heavy (non-hydrogen) atoms. The van der Waals surface area contributed by atoms with Gasteiger partial charge in [-0.25, -0.2) is 0 Å². The van der Waals surface area contributed by atoms with E-state index in [0.717, 1.165) is 19.5 Å². The molecular formula is C13H24N2O2. The van der Waals surface area contributed by atoms with E-state index in [1.807, 2.05) is 13.8 Å². The van der Waals surface area contributed by atoms with E-state index in [0.29, 0.717) is 18.9 Å². The highest BCUT2D eigenvalue weighted by molar-refractivity contribution is 6.05. The van der Waals surface area contributed by atoms with Gasteiger partial charge in [-0.1, -0.05) is 27.7 Å². The van der Waals surface area contributed by atoms with Crippen molar-refractivity contribution in [2.45, 2.75) is 40.5 Å². The van der Waals surface area contributed by atoms with Gasteiger partial charge in [-0.2, -0.15) is 0 Å². The summed E-state index contributed by atoms with van der Waals surface area (Å²) in [5.41, 5.74) is -0.506. The molecule has 0 radical (unpaired) electrons. The third kappa shape index (κ3) is 3.53. The minimum Gasteiger partial charge on any atom is -0.316 e. The number of amides is 2. The smallest absolute Gasteiger partial charge is 0.235 e. The summed E-state index contributed by atoms with van der Waals surface area (Å²) in [5.74, 6) is 0.260. The third-order valence-corrected chi connectivity index (χ3v) is 3.13. The summed E-state index contributed by atoms with van der Waals surface area (Å²) in [6.07, 6.45) is 1.45. The van der Waals surface area contributed by atoms with Crippen LogP contribution in [0.2, 0.25) is 0 Å². The first-order chi connectivity index (χ1) is 7.88. The predicted molar refractivity (Wildman–Crippen MR) is 67.4 cm³/mol. The Balaban J connectivity index is 2.46. The number of rotatable bonds is 6. The second-order valence-corrected chi connectivity index (χ2v) is 5.68. The minimum atomic E-state index is -0.506. The summed E-state index contributed by atoms with van der Waals surface area (Å²) in [7, 11) is 0. The first-order valence-electron chi connectivity index (χ1n) is 6.44. The molecule has 1 rings (SSSR count). The molecule has 1 unspecified atom stereocenters. The van der Waals surface area contributed by atoms with Crippen LogP contribution in [0.3, 0.4) is 0 Å². The van der Waals surface area contributed by atoms with Gasteiger partial charge in [-0.15, -0.1) is 0 Å². The number of hydrogen-bond acceptors (Lipinski definition) is 3. The van der Waals surface area contributed by atoms with Gasteiger partial charge in [-0.05, 0) is 25.4 Å². The molecule has 1 aliphatic rings. The zero-order chi connectivity index (χ0) is 13.1. The molecular weight excluding hydrogens is 216 g/mol. The highest BCUT2D eigenvalue weighted by Crippen LogP contribution is 2.31. The molecule has 0 saturated carbocycles. The van der Waals surface area contributed by atoms with Crippen molar-refractivity contribution in [1.29, 1.82) is 0 Å². The SMILES string of the molecule is CCCNCC(C)CN1C(=O)CC(C)(C)C1=O. The van der Waals surface area contributed by atoms with E-state index in [4.69, 9.17) is 0 Å². The molecule has 1 N–H and O–H groups in total. The highest BCUT2D eigenvalue weighted by Gasteiger charge is 2.44. The Hall–Kier alpha value is -0.900. The normalized spacial score (nSPS) is 21.1. The number of nitrogens with one attached hydrogen (secondary N) is 1. The Morgan fingerprint density at radius 2 is 2.06 bits per heavy atom. The highest BCUT2D eigenvalue weighted by atomic mass is 16.2. The molecule has 2 amide bonds. The lowest BCUT2D eigenvalue weighted by molar-refractivity contribution is -0.141. The Labute approximate surface area is 104 Å². The van der Waals surface area contributed by atoms with Gasteiger partial charge in [0, 0.05) is 13.0 Å². The molecule has 4 nitrogen and oxygen atoms in total. The summed E-state index contributed by atoms with van der Waals surface area (Å²) >= 11 is 0. The maximum atomic E-state index is 12.0. The van der Waals surface area contributed by atoms with Gasteiger partial charge in [-0.3, -0.25) is 14.5 Å². The quantitative estimate of drug-likeness (QED) is 0.564. The maximum Gasteiger partial charge on any atom is 0.235 e. The van der Waals surface area contributed by atoms with Crippen LogP contribution in [0.4, 0.5) is 0 Å². The summed E-state index contributed by atoms with van der Waals surface area (Å²) < 4.78 is 0. The number of imide groups is 1. The zero-order valence-corrected chi connectivity index (χ0v) is 11.4. The molecule has 0 aliphatic carbocycles. The molecule has 1 aliphatic heterocycles. The summed E-state index contributed by atoms with van der Waals surface area (Å²) in [4.78, 5) is 25.2. The Kier molecular flexibility index (Phi) is 4.69. The second-order valence-electron chi connectivity index (χ2n) is 5.68. The number of carbonyl (C=O) groups is 2. The zero-order valence-electron chi connectivity index (χ0n) is 11.4. The predicted octanol–water partition coefficient (Wildman–Crippen LogP) is 1.41. The van der Waals surface area contributed by atoms with Gasteiger partial charge in [0.1, 0.15) is 0 Å². The number of carbonyl (C=O) groups excluding carboxylic acids is 2. The molecule has 1 saturated heterocycles. The van der Waals surface area contributed by atoms with E-state index in [-0.39, 0.29) is 11.8 Å². The molecule has 1 atom stereocenters. The van der Waals surface area contributed by atoms with Crippen molar-refractivity contribution in [2.24, 2.45) is 11.3 Å². The van der Waals surface area contributed by atoms with E-state index in [2.05, 4.69) is 19.2 Å². The van der Waals surface area contributed by atoms with Crippen molar-refractivity contribution in [3.8, 4) is 0 Å². The second kappa shape index (κ2) is 5.63. The van der Waals surface area contributed by atoms with E-state index >= 15 is 0 Å². The number of hydrogen-bond donors (Lipinski definition) is 1. The van der Waals surface area contributed by atoms with Gasteiger partial charge < -0.3 is 5.32 Å². The van der Waals surface area contributed by atoms with E-state index < -0.39 is 5.41 Å². The average molecular weight is 240 g/mol. The van der Waals surface area contributed by atoms with Crippen LogP contribution in [0.1, 0.15) is 40.5 Å². The van der Waals surface area contributed by atoms with Crippen molar-refractivity contribution in [3.63, 3.8) is 0 Å². The van der Waals surface area contributed by atoms with Crippen LogP contribution in [-0.4, -0.2) is 36.3 Å². The van der Waals surface area contributed by atoms with Crippen molar-refractivity contribution in [1.82, 2.24) is 10.2 Å². The lowest BCUT2D eigenvalue weighted by Gasteiger charge is -2.21. The lowest BCUT2D eigenvalue weighted by Crippen LogP contribution is -2.38. The van der Waals surface area contributed by atoms with E-state index in [9.17, 15) is 9.59 Å². The van der Waals surface area contributed by atoms with Gasteiger partial charge in [0.05, 0.1) is 5.41 Å². The number of likely N-dealkylation sites (tertiary alicyclic amines) is 1. The van der Waals surface area contributed by atoms with Crippen LogP contribution in [0.5, 0.6) is 0 Å². The van der Waals surface area contributed by atoms with Gasteiger partial charge in [0.25, 0.3) is 0 Å². The van der Waals surface area contributed by atoms with Crippen LogP contribution >= 0.6 is 0 Å². The van der Waals surface area contributed by atoms with Crippen molar-refractivity contribution in [3.05, 3.63) is 0 Å². The van der Waals surface area contributed by atoms with Crippen molar-refractivity contribution in [2.75, 3.05) is 19.6 Å². The lowest BCUT2D eigenvalue weighted by atomic mass is 9.92. The fraction of sp³-hybridized carbons (Fsp3) is 0.846. The fourth-order valence-electron chi connectivity index (χ4n) is 2.11. The first kappa shape index (κ1) is 14.2. The van der Waals surface area contributed by atoms with Gasteiger partial charge >= 0.3 is 0 Å². The van der Waals surface area contributed by atoms with E-state index in [1.165, 1.54) is 4.90 Å². The molecule has 0 spiro atoms. The van der Waals surface area contributed by atoms with Crippen LogP contribution in [0.25, 0.3) is 0 Å². The van der Waals surface area contributed by atoms with Crippen molar-refractivity contribution >= 4 is 11.8 Å². The largest absolute Gasteiger partial charge is 0.316 e. The molecule has 0 bridgehead atoms. The Bertz CT molecular complexity index is 300. The summed E-state index contributed by atoms with van der Waals surface area (Å²) in [5, 5.41) is 3.31. The molecule has 4 heteroatoms. The standard InChI is InChI=1S/C13H24N2O2/c1-5-6-14-8-10(2)9-15-11(16)7-13(3,4)12(15)17/h10,14H,5-9H2,1-4H3. The molecule has 0 aromatic rings. The van der Waals surface area contributed by atoms with Crippen LogP contribution in [0.15, 0.2) is 0 Å². The molecule has 0 aromatic carbocycles. The van der Waals surface area contributed by atoms with Crippen LogP contribution in [0, 0.1) is 11.3 Å². The molecule has 98 valence electrons. The van der Waals surface area contributed by atoms with E-state index in [1.54, 1.807) is 0 Å². The van der Waals surface area contributed by atoms with Gasteiger partial charge in [0.15, 0.2) is 0 Å². The monoisotopic (exact) mass is 240 g/mol. The summed E-state index contributed by atoms with van der Waals surface area (Å²) in [6, 6.07) is 0. The van der Waals surface area contributed by atoms with Crippen LogP contribution in [-0.2, 0) is 9.59 Å². The molecule has 1 fully saturated rings. The third-order valence-electron chi connectivity index (χ3n) is 3.13.